The molecule has 4 nitrogen and oxygen atoms in total. The van der Waals surface area contributed by atoms with Gasteiger partial charge < -0.3 is 9.47 Å². The molecule has 2 rings (SSSR count). The van der Waals surface area contributed by atoms with Gasteiger partial charge in [0, 0.05) is 11.0 Å². The average molecular weight is 304 g/mol. The van der Waals surface area contributed by atoms with E-state index in [2.05, 4.69) is 0 Å². The van der Waals surface area contributed by atoms with Gasteiger partial charge in [0.25, 0.3) is 0 Å². The van der Waals surface area contributed by atoms with Crippen LogP contribution in [0.3, 0.4) is 0 Å². The van der Waals surface area contributed by atoms with Gasteiger partial charge >= 0.3 is 0 Å². The van der Waals surface area contributed by atoms with Gasteiger partial charge in [0.2, 0.25) is 0 Å². The van der Waals surface area contributed by atoms with Crippen LogP contribution in [0.4, 0.5) is 0 Å². The van der Waals surface area contributed by atoms with Gasteiger partial charge in [-0.15, -0.1) is 0 Å². The molecular formula is C18H24O4. The molecule has 0 amide bonds. The number of carbonyl (C=O) groups excluding carboxylic acids is 2. The number of carbonyl (C=O) groups is 2. The van der Waals surface area contributed by atoms with Crippen LogP contribution < -0.4 is 4.74 Å². The normalized spacial score (nSPS) is 18.0. The minimum absolute atomic E-state index is 0.00711. The molecule has 1 aromatic rings. The van der Waals surface area contributed by atoms with Gasteiger partial charge in [-0.1, -0.05) is 26.0 Å². The monoisotopic (exact) mass is 304 g/mol. The van der Waals surface area contributed by atoms with E-state index in [1.807, 2.05) is 33.8 Å². The minimum Gasteiger partial charge on any atom is -0.488 e. The minimum atomic E-state index is -0.507. The maximum atomic E-state index is 12.0. The molecular weight excluding hydrogens is 280 g/mol. The summed E-state index contributed by atoms with van der Waals surface area (Å²) in [6.45, 7) is 9.86. The Labute approximate surface area is 131 Å². The predicted octanol–water partition coefficient (Wildman–Crippen LogP) is 3.43. The molecule has 0 aromatic heterocycles. The van der Waals surface area contributed by atoms with Crippen molar-refractivity contribution in [2.75, 3.05) is 6.61 Å². The Kier molecular flexibility index (Phi) is 4.43. The van der Waals surface area contributed by atoms with Crippen LogP contribution >= 0.6 is 0 Å². The van der Waals surface area contributed by atoms with Crippen LogP contribution in [0.1, 0.15) is 51.4 Å². The molecule has 0 spiro atoms. The van der Waals surface area contributed by atoms with Gasteiger partial charge in [-0.2, -0.15) is 0 Å². The third kappa shape index (κ3) is 4.17. The molecule has 1 atom stereocenters. The van der Waals surface area contributed by atoms with Crippen molar-refractivity contribution in [3.8, 4) is 5.75 Å². The van der Waals surface area contributed by atoms with Gasteiger partial charge in [-0.05, 0) is 39.3 Å². The maximum absolute atomic E-state index is 12.0. The van der Waals surface area contributed by atoms with E-state index in [1.54, 1.807) is 25.1 Å². The molecule has 1 heterocycles. The molecule has 1 fully saturated rings. The topological polar surface area (TPSA) is 55.9 Å². The smallest absolute Gasteiger partial charge is 0.194 e. The number of epoxide rings is 1. The van der Waals surface area contributed by atoms with Crippen LogP contribution in [-0.2, 0) is 9.53 Å². The van der Waals surface area contributed by atoms with E-state index in [-0.39, 0.29) is 17.7 Å². The lowest BCUT2D eigenvalue weighted by Crippen LogP contribution is -2.37. The Hall–Kier alpha value is -1.68. The summed E-state index contributed by atoms with van der Waals surface area (Å²) in [4.78, 5) is 23.7. The number of Topliss-reactive ketones (excluding diaryl/α,β-unsaturated/α-hetero) is 2. The van der Waals surface area contributed by atoms with Crippen LogP contribution in [0.5, 0.6) is 5.75 Å². The fourth-order valence-electron chi connectivity index (χ4n) is 2.64. The molecule has 4 heteroatoms. The highest BCUT2D eigenvalue weighted by Gasteiger charge is 2.35. The van der Waals surface area contributed by atoms with E-state index in [0.29, 0.717) is 24.3 Å². The highest BCUT2D eigenvalue weighted by Crippen LogP contribution is 2.32. The van der Waals surface area contributed by atoms with Crippen molar-refractivity contribution in [2.24, 2.45) is 5.41 Å². The van der Waals surface area contributed by atoms with Crippen molar-refractivity contribution in [3.63, 3.8) is 0 Å². The summed E-state index contributed by atoms with van der Waals surface area (Å²) in [6, 6.07) is 7.14. The lowest BCUT2D eigenvalue weighted by molar-refractivity contribution is -0.127. The van der Waals surface area contributed by atoms with Crippen molar-refractivity contribution in [3.05, 3.63) is 29.8 Å². The summed E-state index contributed by atoms with van der Waals surface area (Å²) in [6.07, 6.45) is 0.305. The Morgan fingerprint density at radius 2 is 1.91 bits per heavy atom. The molecule has 0 bridgehead atoms. The maximum Gasteiger partial charge on any atom is 0.194 e. The Morgan fingerprint density at radius 1 is 1.27 bits per heavy atom. The molecule has 0 N–H and O–H groups in total. The quantitative estimate of drug-likeness (QED) is 0.572. The largest absolute Gasteiger partial charge is 0.488 e. The van der Waals surface area contributed by atoms with Gasteiger partial charge in [0.15, 0.2) is 5.78 Å². The molecule has 0 saturated carbocycles. The molecule has 0 aliphatic carbocycles. The number of hydrogen-bond donors (Lipinski definition) is 0. The zero-order chi connectivity index (χ0) is 16.5. The molecule has 120 valence electrons. The molecule has 1 aliphatic heterocycles. The van der Waals surface area contributed by atoms with Crippen LogP contribution in [0, 0.1) is 5.41 Å². The fourth-order valence-corrected chi connectivity index (χ4v) is 2.64. The summed E-state index contributed by atoms with van der Waals surface area (Å²) in [5, 5.41) is 0. The molecule has 0 radical (unpaired) electrons. The van der Waals surface area contributed by atoms with Crippen LogP contribution in [-0.4, -0.2) is 29.9 Å². The highest BCUT2D eigenvalue weighted by atomic mass is 16.6. The second kappa shape index (κ2) is 5.84. The number of rotatable bonds is 7. The number of ether oxygens (including phenoxy) is 2. The van der Waals surface area contributed by atoms with Gasteiger partial charge in [0.05, 0.1) is 6.61 Å². The van der Waals surface area contributed by atoms with E-state index in [0.717, 1.165) is 0 Å². The molecule has 22 heavy (non-hydrogen) atoms. The zero-order valence-corrected chi connectivity index (χ0v) is 13.9. The average Bonchev–Trinajstić information content (AvgIpc) is 3.20. The Balaban J connectivity index is 2.10. The van der Waals surface area contributed by atoms with Crippen LogP contribution in [0.15, 0.2) is 24.3 Å². The van der Waals surface area contributed by atoms with Gasteiger partial charge in [-0.25, -0.2) is 0 Å². The number of hydrogen-bond acceptors (Lipinski definition) is 4. The molecule has 1 aliphatic rings. The van der Waals surface area contributed by atoms with E-state index < -0.39 is 11.0 Å². The summed E-state index contributed by atoms with van der Waals surface area (Å²) in [5.74, 6) is 0.766. The van der Waals surface area contributed by atoms with Crippen molar-refractivity contribution in [1.29, 1.82) is 0 Å². The molecule has 1 aromatic carbocycles. The second-order valence-corrected chi connectivity index (χ2v) is 7.19. The van der Waals surface area contributed by atoms with Gasteiger partial charge in [0.1, 0.15) is 23.2 Å². The Bertz CT molecular complexity index is 583. The first-order valence-corrected chi connectivity index (χ1v) is 7.57. The third-order valence-electron chi connectivity index (χ3n) is 3.96. The summed E-state index contributed by atoms with van der Waals surface area (Å²) in [7, 11) is 0. The standard InChI is InChI=1S/C18H24O4/c1-12(19)17(2,3)11-18(4,5)22-14-8-6-7-13(9-14)16(20)15-10-21-15/h6-9,15H,10-11H2,1-5H3. The summed E-state index contributed by atoms with van der Waals surface area (Å²) >= 11 is 0. The summed E-state index contributed by atoms with van der Waals surface area (Å²) in [5.41, 5.74) is -0.354. The first kappa shape index (κ1) is 16.7. The fraction of sp³-hybridized carbons (Fsp3) is 0.556. The van der Waals surface area contributed by atoms with E-state index in [9.17, 15) is 9.59 Å². The SMILES string of the molecule is CC(=O)C(C)(C)CC(C)(C)Oc1cccc(C(=O)C2CO2)c1. The van der Waals surface area contributed by atoms with E-state index >= 15 is 0 Å². The highest BCUT2D eigenvalue weighted by molar-refractivity contribution is 6.01. The van der Waals surface area contributed by atoms with Crippen molar-refractivity contribution in [2.45, 2.75) is 52.7 Å². The third-order valence-corrected chi connectivity index (χ3v) is 3.96. The predicted molar refractivity (Wildman–Crippen MR) is 84.3 cm³/mol. The first-order valence-electron chi connectivity index (χ1n) is 7.57. The first-order chi connectivity index (χ1) is 10.1. The van der Waals surface area contributed by atoms with E-state index in [4.69, 9.17) is 9.47 Å². The zero-order valence-electron chi connectivity index (χ0n) is 13.9. The number of benzene rings is 1. The summed E-state index contributed by atoms with van der Waals surface area (Å²) < 4.78 is 11.1. The lowest BCUT2D eigenvalue weighted by Gasteiger charge is -2.34. The molecule has 1 unspecified atom stereocenters. The number of ketones is 2. The Morgan fingerprint density at radius 3 is 2.45 bits per heavy atom. The van der Waals surface area contributed by atoms with Crippen molar-refractivity contribution < 1.29 is 19.1 Å². The van der Waals surface area contributed by atoms with Gasteiger partial charge in [-0.3, -0.25) is 9.59 Å². The van der Waals surface area contributed by atoms with Crippen molar-refractivity contribution >= 4 is 11.6 Å². The van der Waals surface area contributed by atoms with E-state index in [1.165, 1.54) is 0 Å². The molecule has 1 saturated heterocycles. The lowest BCUT2D eigenvalue weighted by atomic mass is 9.79. The van der Waals surface area contributed by atoms with Crippen LogP contribution in [0.2, 0.25) is 0 Å². The second-order valence-electron chi connectivity index (χ2n) is 7.19. The van der Waals surface area contributed by atoms with Crippen LogP contribution in [0.25, 0.3) is 0 Å². The van der Waals surface area contributed by atoms with Crippen molar-refractivity contribution in [1.82, 2.24) is 0 Å².